The third kappa shape index (κ3) is 5.93. The van der Waals surface area contributed by atoms with Crippen LogP contribution < -0.4 is 15.2 Å². The third-order valence-corrected chi connectivity index (χ3v) is 5.43. The molecule has 0 radical (unpaired) electrons. The van der Waals surface area contributed by atoms with Crippen molar-refractivity contribution in [3.8, 4) is 22.9 Å². The maximum absolute atomic E-state index is 11.5. The van der Waals surface area contributed by atoms with Gasteiger partial charge in [-0.1, -0.05) is 37.3 Å². The van der Waals surface area contributed by atoms with E-state index in [9.17, 15) is 4.79 Å². The molecule has 0 bridgehead atoms. The van der Waals surface area contributed by atoms with Crippen LogP contribution in [0, 0.1) is 5.92 Å². The Morgan fingerprint density at radius 1 is 1.21 bits per heavy atom. The summed E-state index contributed by atoms with van der Waals surface area (Å²) in [6.07, 6.45) is 7.55. The zero-order valence-electron chi connectivity index (χ0n) is 17.2. The summed E-state index contributed by atoms with van der Waals surface area (Å²) in [7, 11) is 3.17. The smallest absolute Gasteiger partial charge is 0.241 e. The third-order valence-electron chi connectivity index (χ3n) is 5.43. The minimum absolute atomic E-state index is 0.181. The second-order valence-electron chi connectivity index (χ2n) is 7.55. The number of carbonyl (C=O) groups excluding carboxylic acids is 1. The number of benzene rings is 1. The van der Waals surface area contributed by atoms with Crippen molar-refractivity contribution >= 4 is 5.91 Å². The number of rotatable bonds is 10. The highest BCUT2D eigenvalue weighted by atomic mass is 16.5. The Labute approximate surface area is 171 Å². The van der Waals surface area contributed by atoms with Crippen LogP contribution in [0.15, 0.2) is 22.7 Å². The number of aromatic nitrogens is 2. The average Bonchev–Trinajstić information content (AvgIpc) is 3.20. The van der Waals surface area contributed by atoms with Crippen molar-refractivity contribution in [1.29, 1.82) is 0 Å². The minimum Gasteiger partial charge on any atom is -0.493 e. The standard InChI is InChI=1S/C21H30N4O4/c1-27-17-9-8-16(12-18(17)28-2)21-23-20(29-24-21)14-25(13-19(22)26)11-10-15-6-4-3-5-7-15/h8-9,12,15H,3-7,10-11,13-14H2,1-2H3,(H2,22,26). The van der Waals surface area contributed by atoms with Gasteiger partial charge in [0.1, 0.15) is 0 Å². The van der Waals surface area contributed by atoms with Crippen molar-refractivity contribution in [2.24, 2.45) is 11.7 Å². The van der Waals surface area contributed by atoms with Crippen molar-refractivity contribution in [1.82, 2.24) is 15.0 Å². The van der Waals surface area contributed by atoms with Gasteiger partial charge in [0.2, 0.25) is 17.6 Å². The molecule has 0 saturated heterocycles. The van der Waals surface area contributed by atoms with Gasteiger partial charge in [-0.15, -0.1) is 0 Å². The number of primary amides is 1. The van der Waals surface area contributed by atoms with E-state index in [1.54, 1.807) is 26.4 Å². The fraction of sp³-hybridized carbons (Fsp3) is 0.571. The lowest BCUT2D eigenvalue weighted by atomic mass is 9.87. The molecule has 158 valence electrons. The molecule has 1 heterocycles. The van der Waals surface area contributed by atoms with Gasteiger partial charge in [0.05, 0.1) is 27.3 Å². The van der Waals surface area contributed by atoms with E-state index >= 15 is 0 Å². The number of carbonyl (C=O) groups is 1. The van der Waals surface area contributed by atoms with Gasteiger partial charge in [-0.3, -0.25) is 9.69 Å². The van der Waals surface area contributed by atoms with Crippen LogP contribution in [0.5, 0.6) is 11.5 Å². The van der Waals surface area contributed by atoms with Crippen LogP contribution in [-0.2, 0) is 11.3 Å². The zero-order valence-corrected chi connectivity index (χ0v) is 17.2. The lowest BCUT2D eigenvalue weighted by molar-refractivity contribution is -0.119. The molecular formula is C21H30N4O4. The molecule has 1 aromatic carbocycles. The van der Waals surface area contributed by atoms with Gasteiger partial charge in [-0.25, -0.2) is 0 Å². The van der Waals surface area contributed by atoms with E-state index in [0.717, 1.165) is 24.4 Å². The van der Waals surface area contributed by atoms with E-state index in [1.165, 1.54) is 32.1 Å². The summed E-state index contributed by atoms with van der Waals surface area (Å²) in [6.45, 7) is 1.37. The first-order chi connectivity index (χ1) is 14.1. The molecule has 1 aliphatic rings. The molecule has 8 heteroatoms. The predicted octanol–water partition coefficient (Wildman–Crippen LogP) is 3.01. The molecule has 1 aliphatic carbocycles. The van der Waals surface area contributed by atoms with Gasteiger partial charge in [0, 0.05) is 5.56 Å². The van der Waals surface area contributed by atoms with Crippen LogP contribution in [0.3, 0.4) is 0 Å². The second-order valence-corrected chi connectivity index (χ2v) is 7.55. The molecule has 1 fully saturated rings. The van der Waals surface area contributed by atoms with Gasteiger partial charge in [0.15, 0.2) is 11.5 Å². The van der Waals surface area contributed by atoms with Crippen LogP contribution in [0.4, 0.5) is 0 Å². The van der Waals surface area contributed by atoms with Gasteiger partial charge < -0.3 is 19.7 Å². The van der Waals surface area contributed by atoms with E-state index < -0.39 is 0 Å². The van der Waals surface area contributed by atoms with E-state index in [1.807, 2.05) is 11.0 Å². The molecule has 0 atom stereocenters. The van der Waals surface area contributed by atoms with Crippen LogP contribution in [0.1, 0.15) is 44.4 Å². The predicted molar refractivity (Wildman–Crippen MR) is 109 cm³/mol. The zero-order chi connectivity index (χ0) is 20.6. The fourth-order valence-corrected chi connectivity index (χ4v) is 3.88. The van der Waals surface area contributed by atoms with Gasteiger partial charge in [-0.2, -0.15) is 4.98 Å². The van der Waals surface area contributed by atoms with Crippen molar-refractivity contribution < 1.29 is 18.8 Å². The summed E-state index contributed by atoms with van der Waals surface area (Å²) in [6, 6.07) is 5.45. The van der Waals surface area contributed by atoms with E-state index in [0.29, 0.717) is 29.8 Å². The summed E-state index contributed by atoms with van der Waals surface area (Å²) in [5.41, 5.74) is 6.20. The maximum atomic E-state index is 11.5. The van der Waals surface area contributed by atoms with Gasteiger partial charge in [-0.05, 0) is 37.1 Å². The summed E-state index contributed by atoms with van der Waals surface area (Å²) >= 11 is 0. The monoisotopic (exact) mass is 402 g/mol. The largest absolute Gasteiger partial charge is 0.493 e. The lowest BCUT2D eigenvalue weighted by Crippen LogP contribution is -2.35. The molecule has 29 heavy (non-hydrogen) atoms. The fourth-order valence-electron chi connectivity index (χ4n) is 3.88. The number of hydrogen-bond donors (Lipinski definition) is 1. The Balaban J connectivity index is 1.66. The molecule has 1 saturated carbocycles. The molecule has 1 amide bonds. The molecule has 0 unspecified atom stereocenters. The maximum Gasteiger partial charge on any atom is 0.241 e. The van der Waals surface area contributed by atoms with Crippen LogP contribution >= 0.6 is 0 Å². The first-order valence-corrected chi connectivity index (χ1v) is 10.1. The highest BCUT2D eigenvalue weighted by Gasteiger charge is 2.19. The Morgan fingerprint density at radius 2 is 1.97 bits per heavy atom. The molecule has 1 aromatic heterocycles. The van der Waals surface area contributed by atoms with Crippen molar-refractivity contribution in [3.63, 3.8) is 0 Å². The Hall–Kier alpha value is -2.61. The number of hydrogen-bond acceptors (Lipinski definition) is 7. The van der Waals surface area contributed by atoms with Crippen LogP contribution in [-0.4, -0.2) is 48.3 Å². The lowest BCUT2D eigenvalue weighted by Gasteiger charge is -2.25. The molecule has 0 aliphatic heterocycles. The average molecular weight is 402 g/mol. The summed E-state index contributed by atoms with van der Waals surface area (Å²) < 4.78 is 16.0. The summed E-state index contributed by atoms with van der Waals surface area (Å²) in [5.74, 6) is 2.53. The molecule has 0 spiro atoms. The molecule has 3 rings (SSSR count). The summed E-state index contributed by atoms with van der Waals surface area (Å²) in [4.78, 5) is 18.0. The Morgan fingerprint density at radius 3 is 2.66 bits per heavy atom. The van der Waals surface area contributed by atoms with Crippen molar-refractivity contribution in [3.05, 3.63) is 24.1 Å². The number of methoxy groups -OCH3 is 2. The minimum atomic E-state index is -0.353. The summed E-state index contributed by atoms with van der Waals surface area (Å²) in [5, 5.41) is 4.07. The SMILES string of the molecule is COc1ccc(-c2noc(CN(CCC3CCCCC3)CC(N)=O)n2)cc1OC. The van der Waals surface area contributed by atoms with Gasteiger partial charge >= 0.3 is 0 Å². The van der Waals surface area contributed by atoms with E-state index in [4.69, 9.17) is 19.7 Å². The second kappa shape index (κ2) is 10.2. The normalized spacial score (nSPS) is 14.9. The number of nitrogens with zero attached hydrogens (tertiary/aromatic N) is 3. The Kier molecular flexibility index (Phi) is 7.46. The molecule has 2 N–H and O–H groups in total. The molecule has 8 nitrogen and oxygen atoms in total. The quantitative estimate of drug-likeness (QED) is 0.651. The van der Waals surface area contributed by atoms with Gasteiger partial charge in [0.25, 0.3) is 0 Å². The molecule has 2 aromatic rings. The van der Waals surface area contributed by atoms with Crippen LogP contribution in [0.25, 0.3) is 11.4 Å². The first kappa shape index (κ1) is 21.1. The van der Waals surface area contributed by atoms with Crippen LogP contribution in [0.2, 0.25) is 0 Å². The number of ether oxygens (including phenoxy) is 2. The highest BCUT2D eigenvalue weighted by molar-refractivity contribution is 5.75. The van der Waals surface area contributed by atoms with Crippen molar-refractivity contribution in [2.45, 2.75) is 45.1 Å². The highest BCUT2D eigenvalue weighted by Crippen LogP contribution is 2.31. The van der Waals surface area contributed by atoms with E-state index in [2.05, 4.69) is 10.1 Å². The van der Waals surface area contributed by atoms with E-state index in [-0.39, 0.29) is 12.5 Å². The topological polar surface area (TPSA) is 104 Å². The number of nitrogens with two attached hydrogens (primary N) is 1. The molecular weight excluding hydrogens is 372 g/mol. The number of amides is 1. The Bertz CT molecular complexity index is 802. The first-order valence-electron chi connectivity index (χ1n) is 10.1. The van der Waals surface area contributed by atoms with Crippen molar-refractivity contribution in [2.75, 3.05) is 27.3 Å².